The monoisotopic (exact) mass is 279 g/mol. The van der Waals surface area contributed by atoms with Crippen molar-refractivity contribution in [2.75, 3.05) is 7.11 Å². The zero-order valence-corrected chi connectivity index (χ0v) is 11.2. The molecule has 2 rings (SSSR count). The molecule has 2 heterocycles. The van der Waals surface area contributed by atoms with E-state index in [2.05, 4.69) is 9.72 Å². The lowest BCUT2D eigenvalue weighted by atomic mass is 10.1. The first-order valence-corrected chi connectivity index (χ1v) is 6.11. The highest BCUT2D eigenvalue weighted by molar-refractivity contribution is 6.30. The molecule has 0 aliphatic rings. The number of ether oxygens (including phenoxy) is 1. The topological polar surface area (TPSA) is 70.1 Å². The van der Waals surface area contributed by atoms with Gasteiger partial charge in [-0.05, 0) is 24.3 Å². The summed E-state index contributed by atoms with van der Waals surface area (Å²) in [5.74, 6) is 0.290. The van der Waals surface area contributed by atoms with Gasteiger partial charge in [0.25, 0.3) is 0 Å². The molecule has 0 radical (unpaired) electrons. The number of pyridine rings is 1. The molecule has 0 aromatic carbocycles. The van der Waals surface area contributed by atoms with Gasteiger partial charge in [-0.3, -0.25) is 4.79 Å². The number of methoxy groups -OCH3 is 1. The fourth-order valence-electron chi connectivity index (χ4n) is 1.78. The fraction of sp³-hybridized carbons (Fsp3) is 0.231. The number of aromatic nitrogens is 2. The van der Waals surface area contributed by atoms with Gasteiger partial charge in [-0.2, -0.15) is 0 Å². The molecule has 1 unspecified atom stereocenters. The number of halogens is 1. The minimum atomic E-state index is -0.689. The van der Waals surface area contributed by atoms with Crippen LogP contribution in [0.25, 0.3) is 5.82 Å². The van der Waals surface area contributed by atoms with Crippen molar-refractivity contribution >= 4 is 17.6 Å². The molecule has 5 nitrogen and oxygen atoms in total. The maximum atomic E-state index is 11.3. The van der Waals surface area contributed by atoms with Gasteiger partial charge in [0.05, 0.1) is 12.1 Å². The Morgan fingerprint density at radius 2 is 2.32 bits per heavy atom. The van der Waals surface area contributed by atoms with Gasteiger partial charge in [-0.15, -0.1) is 0 Å². The molecule has 2 N–H and O–H groups in total. The normalized spacial score (nSPS) is 12.2. The Kier molecular flexibility index (Phi) is 4.19. The zero-order valence-electron chi connectivity index (χ0n) is 10.4. The first kappa shape index (κ1) is 13.6. The Hall–Kier alpha value is -1.85. The van der Waals surface area contributed by atoms with Crippen molar-refractivity contribution < 1.29 is 9.53 Å². The first-order valence-electron chi connectivity index (χ1n) is 5.73. The summed E-state index contributed by atoms with van der Waals surface area (Å²) in [6.07, 6.45) is 3.81. The Morgan fingerprint density at radius 1 is 1.53 bits per heavy atom. The number of hydrogen-bond acceptors (Lipinski definition) is 4. The van der Waals surface area contributed by atoms with Crippen molar-refractivity contribution in [3.05, 3.63) is 47.4 Å². The van der Waals surface area contributed by atoms with Crippen LogP contribution in [-0.4, -0.2) is 28.7 Å². The van der Waals surface area contributed by atoms with Crippen LogP contribution in [0, 0.1) is 0 Å². The third kappa shape index (κ3) is 3.13. The zero-order chi connectivity index (χ0) is 13.8. The summed E-state index contributed by atoms with van der Waals surface area (Å²) < 4.78 is 6.48. The molecule has 0 spiro atoms. The molecular weight excluding hydrogens is 266 g/mol. The molecule has 0 fully saturated rings. The summed E-state index contributed by atoms with van der Waals surface area (Å²) in [6, 6.07) is 6.63. The minimum absolute atomic E-state index is 0.379. The van der Waals surface area contributed by atoms with Crippen molar-refractivity contribution in [2.45, 2.75) is 12.5 Å². The van der Waals surface area contributed by atoms with Crippen molar-refractivity contribution in [2.24, 2.45) is 5.73 Å². The number of hydrogen-bond donors (Lipinski definition) is 1. The van der Waals surface area contributed by atoms with Crippen LogP contribution < -0.4 is 5.73 Å². The fourth-order valence-corrected chi connectivity index (χ4v) is 1.89. The van der Waals surface area contributed by atoms with E-state index in [-0.39, 0.29) is 0 Å². The Balaban J connectivity index is 2.22. The minimum Gasteiger partial charge on any atom is -0.468 e. The van der Waals surface area contributed by atoms with E-state index in [0.29, 0.717) is 11.4 Å². The van der Waals surface area contributed by atoms with Crippen LogP contribution in [-0.2, 0) is 16.0 Å². The van der Waals surface area contributed by atoms with Crippen molar-refractivity contribution in [1.82, 2.24) is 9.55 Å². The van der Waals surface area contributed by atoms with Gasteiger partial charge in [0.15, 0.2) is 0 Å². The van der Waals surface area contributed by atoms with E-state index in [1.165, 1.54) is 7.11 Å². The van der Waals surface area contributed by atoms with E-state index in [1.54, 1.807) is 18.3 Å². The predicted octanol–water partition coefficient (Wildman–Crippen LogP) is 1.57. The van der Waals surface area contributed by atoms with E-state index in [0.717, 1.165) is 11.5 Å². The third-order valence-corrected chi connectivity index (χ3v) is 2.95. The number of nitrogens with zero attached hydrogens (tertiary/aromatic N) is 2. The van der Waals surface area contributed by atoms with Crippen molar-refractivity contribution in [1.29, 1.82) is 0 Å². The second-order valence-corrected chi connectivity index (χ2v) is 4.47. The van der Waals surface area contributed by atoms with Gasteiger partial charge in [0, 0.05) is 24.5 Å². The van der Waals surface area contributed by atoms with Crippen LogP contribution in [0.1, 0.15) is 5.69 Å². The molecule has 6 heteroatoms. The standard InChI is InChI=1S/C13H14ClN3O2/c1-19-13(18)11(15)7-10-3-2-6-17(10)12-5-4-9(14)8-16-12/h2-6,8,11H,7,15H2,1H3. The van der Waals surface area contributed by atoms with E-state index >= 15 is 0 Å². The van der Waals surface area contributed by atoms with Crippen molar-refractivity contribution in [3.63, 3.8) is 0 Å². The second kappa shape index (κ2) is 5.86. The highest BCUT2D eigenvalue weighted by atomic mass is 35.5. The Morgan fingerprint density at radius 3 is 2.95 bits per heavy atom. The summed E-state index contributed by atoms with van der Waals surface area (Å²) in [4.78, 5) is 15.6. The van der Waals surface area contributed by atoms with Gasteiger partial charge in [0.1, 0.15) is 11.9 Å². The second-order valence-electron chi connectivity index (χ2n) is 4.04. The molecule has 1 atom stereocenters. The number of esters is 1. The average Bonchev–Trinajstić information content (AvgIpc) is 2.86. The van der Waals surface area contributed by atoms with E-state index in [9.17, 15) is 4.79 Å². The molecule has 19 heavy (non-hydrogen) atoms. The number of carbonyl (C=O) groups excluding carboxylic acids is 1. The molecule has 0 bridgehead atoms. The van der Waals surface area contributed by atoms with E-state index < -0.39 is 12.0 Å². The van der Waals surface area contributed by atoms with E-state index in [4.69, 9.17) is 17.3 Å². The third-order valence-electron chi connectivity index (χ3n) is 2.72. The Bertz CT molecular complexity index is 566. The van der Waals surface area contributed by atoms with Crippen LogP contribution in [0.2, 0.25) is 5.02 Å². The van der Waals surface area contributed by atoms with Crippen LogP contribution in [0.5, 0.6) is 0 Å². The molecule has 0 saturated heterocycles. The van der Waals surface area contributed by atoms with Crippen molar-refractivity contribution in [3.8, 4) is 5.82 Å². The largest absolute Gasteiger partial charge is 0.468 e. The van der Waals surface area contributed by atoms with E-state index in [1.807, 2.05) is 22.9 Å². The molecule has 2 aromatic heterocycles. The summed E-state index contributed by atoms with van der Waals surface area (Å²) in [7, 11) is 1.32. The van der Waals surface area contributed by atoms with Gasteiger partial charge < -0.3 is 15.0 Å². The number of carbonyl (C=O) groups is 1. The van der Waals surface area contributed by atoms with Crippen LogP contribution in [0.3, 0.4) is 0 Å². The summed E-state index contributed by atoms with van der Waals surface area (Å²) in [6.45, 7) is 0. The average molecular weight is 280 g/mol. The molecule has 100 valence electrons. The highest BCUT2D eigenvalue weighted by Crippen LogP contribution is 2.14. The molecule has 0 aliphatic carbocycles. The predicted molar refractivity (Wildman–Crippen MR) is 72.3 cm³/mol. The number of nitrogens with two attached hydrogens (primary N) is 1. The lowest BCUT2D eigenvalue weighted by Crippen LogP contribution is -2.34. The summed E-state index contributed by atoms with van der Waals surface area (Å²) in [5.41, 5.74) is 6.64. The van der Waals surface area contributed by atoms with Crippen LogP contribution in [0.15, 0.2) is 36.7 Å². The SMILES string of the molecule is COC(=O)C(N)Cc1cccn1-c1ccc(Cl)cn1. The molecule has 0 saturated carbocycles. The maximum Gasteiger partial charge on any atom is 0.323 e. The lowest BCUT2D eigenvalue weighted by molar-refractivity contribution is -0.142. The molecule has 2 aromatic rings. The quantitative estimate of drug-likeness (QED) is 0.863. The van der Waals surface area contributed by atoms with Gasteiger partial charge >= 0.3 is 5.97 Å². The molecular formula is C13H14ClN3O2. The first-order chi connectivity index (χ1) is 9.11. The highest BCUT2D eigenvalue weighted by Gasteiger charge is 2.16. The molecule has 0 aliphatic heterocycles. The van der Waals surface area contributed by atoms with Gasteiger partial charge in [0.2, 0.25) is 0 Å². The van der Waals surface area contributed by atoms with Gasteiger partial charge in [-0.25, -0.2) is 4.98 Å². The van der Waals surface area contributed by atoms with Gasteiger partial charge in [-0.1, -0.05) is 11.6 Å². The maximum absolute atomic E-state index is 11.3. The van der Waals surface area contributed by atoms with Crippen LogP contribution in [0.4, 0.5) is 0 Å². The summed E-state index contributed by atoms with van der Waals surface area (Å²) in [5, 5.41) is 0.573. The van der Waals surface area contributed by atoms with Crippen LogP contribution >= 0.6 is 11.6 Å². The molecule has 0 amide bonds. The smallest absolute Gasteiger partial charge is 0.323 e. The Labute approximate surface area is 116 Å². The summed E-state index contributed by atoms with van der Waals surface area (Å²) >= 11 is 5.80. The lowest BCUT2D eigenvalue weighted by Gasteiger charge is -2.12. The number of rotatable bonds is 4.